The Morgan fingerprint density at radius 1 is 1.18 bits per heavy atom. The largest absolute Gasteiger partial charge is 0.0758 e. The summed E-state index contributed by atoms with van der Waals surface area (Å²) in [5.41, 5.74) is 2.58. The number of hydrogen-bond donors (Lipinski definition) is 0. The van der Waals surface area contributed by atoms with E-state index in [0.29, 0.717) is 0 Å². The molecule has 0 amide bonds. The maximum absolute atomic E-state index is 3.39. The van der Waals surface area contributed by atoms with Gasteiger partial charge in [-0.1, -0.05) is 39.7 Å². The highest BCUT2D eigenvalue weighted by atomic mass is 79.9. The summed E-state index contributed by atoms with van der Waals surface area (Å²) in [5, 5.41) is 0. The van der Waals surface area contributed by atoms with E-state index in [1.54, 1.807) is 0 Å². The maximum atomic E-state index is 3.39. The van der Waals surface area contributed by atoms with Crippen molar-refractivity contribution < 1.29 is 0 Å². The van der Waals surface area contributed by atoms with Crippen molar-refractivity contribution in [2.45, 2.75) is 13.8 Å². The van der Waals surface area contributed by atoms with Crippen LogP contribution in [0.3, 0.4) is 0 Å². The van der Waals surface area contributed by atoms with E-state index in [-0.39, 0.29) is 0 Å². The number of benzene rings is 1. The molecule has 1 aromatic rings. The molecule has 0 N–H and O–H groups in total. The van der Waals surface area contributed by atoms with Gasteiger partial charge < -0.3 is 0 Å². The first kappa shape index (κ1) is 8.54. The van der Waals surface area contributed by atoms with E-state index >= 15 is 0 Å². The summed E-state index contributed by atoms with van der Waals surface area (Å²) in [7, 11) is 0. The quantitative estimate of drug-likeness (QED) is 0.661. The van der Waals surface area contributed by atoms with Crippen LogP contribution >= 0.6 is 15.9 Å². The minimum Gasteiger partial charge on any atom is -0.0758 e. The predicted molar refractivity (Wildman–Crippen MR) is 53.5 cm³/mol. The second-order valence-electron chi connectivity index (χ2n) is 2.77. The van der Waals surface area contributed by atoms with Gasteiger partial charge in [0, 0.05) is 4.47 Å². The van der Waals surface area contributed by atoms with E-state index in [2.05, 4.69) is 60.1 Å². The highest BCUT2D eigenvalue weighted by Gasteiger charge is 1.87. The molecule has 0 saturated carbocycles. The van der Waals surface area contributed by atoms with E-state index < -0.39 is 0 Å². The number of halogens is 1. The lowest BCUT2D eigenvalue weighted by Crippen LogP contribution is -1.71. The summed E-state index contributed by atoms with van der Waals surface area (Å²) < 4.78 is 1.13. The van der Waals surface area contributed by atoms with E-state index in [4.69, 9.17) is 0 Å². The van der Waals surface area contributed by atoms with Crippen LogP contribution in [0.1, 0.15) is 19.4 Å². The van der Waals surface area contributed by atoms with Crippen molar-refractivity contribution in [3.8, 4) is 0 Å². The van der Waals surface area contributed by atoms with Crippen LogP contribution in [0.25, 0.3) is 6.08 Å². The zero-order valence-electron chi connectivity index (χ0n) is 6.76. The van der Waals surface area contributed by atoms with Gasteiger partial charge in [0.15, 0.2) is 0 Å². The van der Waals surface area contributed by atoms with Gasteiger partial charge in [0.25, 0.3) is 0 Å². The first-order valence-corrected chi connectivity index (χ1v) is 4.38. The third kappa shape index (κ3) is 2.89. The molecule has 0 radical (unpaired) electrons. The number of rotatable bonds is 1. The van der Waals surface area contributed by atoms with Crippen LogP contribution in [0.15, 0.2) is 34.3 Å². The zero-order chi connectivity index (χ0) is 8.27. The SMILES string of the molecule is CC(C)=Cc1ccc(Br)cc1. The van der Waals surface area contributed by atoms with Crippen LogP contribution in [0.2, 0.25) is 0 Å². The fraction of sp³-hybridized carbons (Fsp3) is 0.200. The average Bonchev–Trinajstić information content (AvgIpc) is 1.93. The molecule has 58 valence electrons. The van der Waals surface area contributed by atoms with Crippen molar-refractivity contribution in [3.05, 3.63) is 39.9 Å². The van der Waals surface area contributed by atoms with Crippen LogP contribution in [-0.4, -0.2) is 0 Å². The molecule has 0 fully saturated rings. The number of hydrogen-bond acceptors (Lipinski definition) is 0. The van der Waals surface area contributed by atoms with E-state index in [1.807, 2.05) is 0 Å². The van der Waals surface area contributed by atoms with Crippen molar-refractivity contribution in [2.75, 3.05) is 0 Å². The van der Waals surface area contributed by atoms with Crippen molar-refractivity contribution in [1.82, 2.24) is 0 Å². The minimum atomic E-state index is 1.13. The molecule has 0 aliphatic carbocycles. The lowest BCUT2D eigenvalue weighted by atomic mass is 10.2. The standard InChI is InChI=1S/C10H11Br/c1-8(2)7-9-3-5-10(11)6-4-9/h3-7H,1-2H3. The Morgan fingerprint density at radius 3 is 2.18 bits per heavy atom. The summed E-state index contributed by atoms with van der Waals surface area (Å²) in [4.78, 5) is 0. The smallest absolute Gasteiger partial charge is 0.0175 e. The van der Waals surface area contributed by atoms with Gasteiger partial charge in [-0.2, -0.15) is 0 Å². The molecule has 0 atom stereocenters. The molecule has 1 heteroatoms. The molecule has 0 spiro atoms. The molecule has 0 unspecified atom stereocenters. The van der Waals surface area contributed by atoms with Crippen molar-refractivity contribution in [1.29, 1.82) is 0 Å². The van der Waals surface area contributed by atoms with Gasteiger partial charge >= 0.3 is 0 Å². The molecule has 0 aliphatic rings. The Kier molecular flexibility index (Phi) is 2.89. The molecule has 0 nitrogen and oxygen atoms in total. The second kappa shape index (κ2) is 3.72. The van der Waals surface area contributed by atoms with Gasteiger partial charge in [0.05, 0.1) is 0 Å². The van der Waals surface area contributed by atoms with Crippen LogP contribution in [0.5, 0.6) is 0 Å². The minimum absolute atomic E-state index is 1.13. The fourth-order valence-corrected chi connectivity index (χ4v) is 1.16. The van der Waals surface area contributed by atoms with Crippen molar-refractivity contribution in [2.24, 2.45) is 0 Å². The summed E-state index contributed by atoms with van der Waals surface area (Å²) >= 11 is 3.39. The Morgan fingerprint density at radius 2 is 1.73 bits per heavy atom. The topological polar surface area (TPSA) is 0 Å². The van der Waals surface area contributed by atoms with Crippen LogP contribution in [-0.2, 0) is 0 Å². The Balaban J connectivity index is 2.91. The lowest BCUT2D eigenvalue weighted by molar-refractivity contribution is 1.42. The van der Waals surface area contributed by atoms with Crippen molar-refractivity contribution >= 4 is 22.0 Å². The summed E-state index contributed by atoms with van der Waals surface area (Å²) in [6.45, 7) is 4.20. The molecule has 1 aromatic carbocycles. The van der Waals surface area contributed by atoms with E-state index in [9.17, 15) is 0 Å². The first-order chi connectivity index (χ1) is 5.18. The molecule has 11 heavy (non-hydrogen) atoms. The summed E-state index contributed by atoms with van der Waals surface area (Å²) in [6.07, 6.45) is 2.16. The van der Waals surface area contributed by atoms with Gasteiger partial charge in [-0.05, 0) is 31.5 Å². The highest BCUT2D eigenvalue weighted by molar-refractivity contribution is 9.10. The third-order valence-electron chi connectivity index (χ3n) is 1.33. The Bertz CT molecular complexity index is 253. The Hall–Kier alpha value is -0.560. The van der Waals surface area contributed by atoms with Gasteiger partial charge in [-0.3, -0.25) is 0 Å². The van der Waals surface area contributed by atoms with Crippen molar-refractivity contribution in [3.63, 3.8) is 0 Å². The average molecular weight is 211 g/mol. The van der Waals surface area contributed by atoms with Gasteiger partial charge in [-0.25, -0.2) is 0 Å². The van der Waals surface area contributed by atoms with Gasteiger partial charge in [-0.15, -0.1) is 0 Å². The molecule has 0 saturated heterocycles. The zero-order valence-corrected chi connectivity index (χ0v) is 8.35. The fourth-order valence-electron chi connectivity index (χ4n) is 0.892. The lowest BCUT2D eigenvalue weighted by Gasteiger charge is -1.94. The number of allylic oxidation sites excluding steroid dienone is 1. The first-order valence-electron chi connectivity index (χ1n) is 3.59. The summed E-state index contributed by atoms with van der Waals surface area (Å²) in [5.74, 6) is 0. The molecular weight excluding hydrogens is 200 g/mol. The van der Waals surface area contributed by atoms with Gasteiger partial charge in [0.2, 0.25) is 0 Å². The molecule has 0 bridgehead atoms. The summed E-state index contributed by atoms with van der Waals surface area (Å²) in [6, 6.07) is 8.29. The monoisotopic (exact) mass is 210 g/mol. The second-order valence-corrected chi connectivity index (χ2v) is 3.69. The highest BCUT2D eigenvalue weighted by Crippen LogP contribution is 2.12. The van der Waals surface area contributed by atoms with Gasteiger partial charge in [0.1, 0.15) is 0 Å². The van der Waals surface area contributed by atoms with Crippen LogP contribution in [0.4, 0.5) is 0 Å². The van der Waals surface area contributed by atoms with Crippen LogP contribution in [0, 0.1) is 0 Å². The Labute approximate surface area is 76.1 Å². The molecule has 0 aromatic heterocycles. The molecule has 0 heterocycles. The van der Waals surface area contributed by atoms with Crippen LogP contribution < -0.4 is 0 Å². The third-order valence-corrected chi connectivity index (χ3v) is 1.85. The molecule has 0 aliphatic heterocycles. The normalized spacial score (nSPS) is 9.36. The molecular formula is C10H11Br. The maximum Gasteiger partial charge on any atom is 0.0175 e. The van der Waals surface area contributed by atoms with E-state index in [0.717, 1.165) is 4.47 Å². The molecule has 1 rings (SSSR count). The van der Waals surface area contributed by atoms with E-state index in [1.165, 1.54) is 11.1 Å². The predicted octanol–water partition coefficient (Wildman–Crippen LogP) is 3.87.